The van der Waals surface area contributed by atoms with Gasteiger partial charge in [-0.2, -0.15) is 0 Å². The van der Waals surface area contributed by atoms with Crippen LogP contribution in [0, 0.1) is 5.92 Å². The van der Waals surface area contributed by atoms with Crippen LogP contribution in [0.15, 0.2) is 94.7 Å². The van der Waals surface area contributed by atoms with Gasteiger partial charge in [-0.1, -0.05) is 83.2 Å². The number of aromatic nitrogens is 1. The highest BCUT2D eigenvalue weighted by molar-refractivity contribution is 8.00. The van der Waals surface area contributed by atoms with E-state index in [1.165, 1.54) is 21.2 Å². The molecule has 3 atom stereocenters. The summed E-state index contributed by atoms with van der Waals surface area (Å²) in [5, 5.41) is 3.12. The molecular weight excluding hydrogens is 542 g/mol. The van der Waals surface area contributed by atoms with Crippen molar-refractivity contribution in [2.45, 2.75) is 22.7 Å². The summed E-state index contributed by atoms with van der Waals surface area (Å²) < 4.78 is 1.41. The second-order valence-corrected chi connectivity index (χ2v) is 11.5. The molecule has 0 spiro atoms. The molecule has 3 heterocycles. The lowest BCUT2D eigenvalue weighted by atomic mass is 9.83. The fourth-order valence-corrected chi connectivity index (χ4v) is 7.88. The Bertz CT molecular complexity index is 1600. The molecule has 0 aliphatic carbocycles. The molecule has 4 aromatic rings. The van der Waals surface area contributed by atoms with E-state index in [4.69, 9.17) is 11.6 Å². The second kappa shape index (κ2) is 9.90. The van der Waals surface area contributed by atoms with Crippen LogP contribution >= 0.6 is 34.7 Å². The maximum absolute atomic E-state index is 13.8. The number of imide groups is 1. The van der Waals surface area contributed by atoms with Gasteiger partial charge in [0.25, 0.3) is 0 Å². The third kappa shape index (κ3) is 4.26. The van der Waals surface area contributed by atoms with E-state index in [0.717, 1.165) is 16.9 Å². The number of hydrogen-bond donors (Lipinski definition) is 1. The zero-order chi connectivity index (χ0) is 26.4. The van der Waals surface area contributed by atoms with E-state index < -0.39 is 17.1 Å². The molecular formula is C28H20ClN3O4S2. The van der Waals surface area contributed by atoms with Gasteiger partial charge in [0.1, 0.15) is 11.8 Å². The van der Waals surface area contributed by atoms with Crippen LogP contribution in [-0.4, -0.2) is 27.5 Å². The Labute approximate surface area is 231 Å². The van der Waals surface area contributed by atoms with Gasteiger partial charge in [0.15, 0.2) is 0 Å². The third-order valence-electron chi connectivity index (χ3n) is 6.65. The maximum atomic E-state index is 13.8. The number of nitrogens with one attached hydrogen (secondary N) is 1. The zero-order valence-corrected chi connectivity index (χ0v) is 22.1. The molecule has 38 heavy (non-hydrogen) atoms. The van der Waals surface area contributed by atoms with Crippen molar-refractivity contribution < 1.29 is 14.4 Å². The second-order valence-electron chi connectivity index (χ2n) is 8.98. The van der Waals surface area contributed by atoms with Crippen molar-refractivity contribution in [3.63, 3.8) is 0 Å². The Morgan fingerprint density at radius 2 is 1.53 bits per heavy atom. The average Bonchev–Trinajstić information content (AvgIpc) is 3.36. The van der Waals surface area contributed by atoms with Crippen LogP contribution in [0.1, 0.15) is 16.4 Å². The maximum Gasteiger partial charge on any atom is 0.308 e. The number of thioether (sulfide) groups is 1. The number of carbonyl (C=O) groups is 3. The fraction of sp³-hybridized carbons (Fsp3) is 0.143. The number of anilines is 2. The minimum Gasteiger partial charge on any atom is -0.325 e. The van der Waals surface area contributed by atoms with Crippen molar-refractivity contribution in [3.8, 4) is 0 Å². The molecule has 2 aliphatic heterocycles. The van der Waals surface area contributed by atoms with Crippen molar-refractivity contribution >= 4 is 63.8 Å². The summed E-state index contributed by atoms with van der Waals surface area (Å²) in [6, 6.07) is 25.0. The Kier molecular flexibility index (Phi) is 6.43. The Hall–Kier alpha value is -3.66. The normalized spacial score (nSPS) is 20.2. The number of rotatable bonds is 5. The van der Waals surface area contributed by atoms with Gasteiger partial charge in [-0.05, 0) is 42.0 Å². The minimum absolute atomic E-state index is 0.200. The van der Waals surface area contributed by atoms with Gasteiger partial charge in [-0.15, -0.1) is 0 Å². The molecule has 1 aromatic heterocycles. The van der Waals surface area contributed by atoms with Crippen LogP contribution in [0.25, 0.3) is 0 Å². The summed E-state index contributed by atoms with van der Waals surface area (Å²) in [5.41, 5.74) is 1.92. The molecule has 6 rings (SSSR count). The topological polar surface area (TPSA) is 88.5 Å². The number of halogens is 1. The first-order valence-electron chi connectivity index (χ1n) is 11.9. The molecule has 1 saturated heterocycles. The highest BCUT2D eigenvalue weighted by Gasteiger charge is 2.56. The molecule has 2 aliphatic rings. The molecule has 1 fully saturated rings. The van der Waals surface area contributed by atoms with Crippen LogP contribution in [0.4, 0.5) is 11.4 Å². The minimum atomic E-state index is -0.742. The Balaban J connectivity index is 1.41. The number of thiazole rings is 1. The summed E-state index contributed by atoms with van der Waals surface area (Å²) in [6.07, 6.45) is 0. The van der Waals surface area contributed by atoms with Gasteiger partial charge >= 0.3 is 4.87 Å². The fourth-order valence-electron chi connectivity index (χ4n) is 4.99. The van der Waals surface area contributed by atoms with Crippen molar-refractivity contribution in [2.24, 2.45) is 5.92 Å². The van der Waals surface area contributed by atoms with Crippen molar-refractivity contribution in [1.29, 1.82) is 0 Å². The number of carbonyl (C=O) groups excluding carboxylic acids is 3. The first-order chi connectivity index (χ1) is 18.4. The predicted molar refractivity (Wildman–Crippen MR) is 149 cm³/mol. The molecule has 10 heteroatoms. The first kappa shape index (κ1) is 24.7. The van der Waals surface area contributed by atoms with Gasteiger partial charge in [0.05, 0.1) is 16.6 Å². The van der Waals surface area contributed by atoms with Crippen LogP contribution in [-0.2, 0) is 20.9 Å². The average molecular weight is 562 g/mol. The Morgan fingerprint density at radius 1 is 0.868 bits per heavy atom. The van der Waals surface area contributed by atoms with Crippen LogP contribution < -0.4 is 15.1 Å². The molecule has 1 N–H and O–H groups in total. The van der Waals surface area contributed by atoms with E-state index >= 15 is 0 Å². The lowest BCUT2D eigenvalue weighted by Gasteiger charge is -2.30. The molecule has 190 valence electrons. The highest BCUT2D eigenvalue weighted by Crippen LogP contribution is 2.53. The van der Waals surface area contributed by atoms with Crippen LogP contribution in [0.2, 0.25) is 5.02 Å². The van der Waals surface area contributed by atoms with E-state index in [-0.39, 0.29) is 29.1 Å². The Morgan fingerprint density at radius 3 is 2.21 bits per heavy atom. The standard InChI is InChI=1S/C28H20ClN3O4S2/c29-17-11-13-19(14-12-17)32-25(34)22-21(16-7-3-1-4-8-16)24-27(37-23(22)26(32)35)31(28(36)38-24)15-20(33)30-18-9-5-2-6-10-18/h1-14,21-23H,15H2,(H,30,33)/t21-,22?,23?/m0/s1. The monoisotopic (exact) mass is 561 g/mol. The lowest BCUT2D eigenvalue weighted by molar-refractivity contribution is -0.122. The molecule has 3 aromatic carbocycles. The van der Waals surface area contributed by atoms with E-state index in [0.29, 0.717) is 26.3 Å². The molecule has 0 saturated carbocycles. The summed E-state index contributed by atoms with van der Waals surface area (Å²) >= 11 is 8.25. The van der Waals surface area contributed by atoms with Crippen LogP contribution in [0.5, 0.6) is 0 Å². The van der Waals surface area contributed by atoms with Gasteiger partial charge in [0.2, 0.25) is 17.7 Å². The third-order valence-corrected chi connectivity index (χ3v) is 9.51. The number of fused-ring (bicyclic) bond motifs is 2. The number of para-hydroxylation sites is 1. The number of hydrogen-bond acceptors (Lipinski definition) is 6. The van der Waals surface area contributed by atoms with E-state index in [2.05, 4.69) is 5.32 Å². The SMILES string of the molecule is O=C(Cn1c2c(sc1=O)[C@@H](c1ccccc1)C1C(=O)N(c3ccc(Cl)cc3)C(=O)C1S2)Nc1ccccc1. The van der Waals surface area contributed by atoms with Gasteiger partial charge in [-0.25, -0.2) is 4.90 Å². The van der Waals surface area contributed by atoms with Gasteiger partial charge in [0, 0.05) is 21.5 Å². The molecule has 7 nitrogen and oxygen atoms in total. The predicted octanol–water partition coefficient (Wildman–Crippen LogP) is 5.00. The molecule has 0 radical (unpaired) electrons. The zero-order valence-electron chi connectivity index (χ0n) is 19.7. The molecule has 3 amide bonds. The summed E-state index contributed by atoms with van der Waals surface area (Å²) in [5.74, 6) is -2.21. The van der Waals surface area contributed by atoms with Crippen LogP contribution in [0.3, 0.4) is 0 Å². The van der Waals surface area contributed by atoms with E-state index in [1.54, 1.807) is 36.4 Å². The van der Waals surface area contributed by atoms with Gasteiger partial charge in [-0.3, -0.25) is 23.7 Å². The van der Waals surface area contributed by atoms with E-state index in [9.17, 15) is 19.2 Å². The van der Waals surface area contributed by atoms with Gasteiger partial charge < -0.3 is 5.32 Å². The first-order valence-corrected chi connectivity index (χ1v) is 13.9. The summed E-state index contributed by atoms with van der Waals surface area (Å²) in [4.78, 5) is 55.1. The van der Waals surface area contributed by atoms with Crippen molar-refractivity contribution in [3.05, 3.63) is 110 Å². The number of amides is 3. The quantitative estimate of drug-likeness (QED) is 0.347. The number of nitrogens with zero attached hydrogens (tertiary/aromatic N) is 2. The lowest BCUT2D eigenvalue weighted by Crippen LogP contribution is -2.33. The number of benzene rings is 3. The summed E-state index contributed by atoms with van der Waals surface area (Å²) in [6.45, 7) is -0.200. The highest BCUT2D eigenvalue weighted by atomic mass is 35.5. The summed E-state index contributed by atoms with van der Waals surface area (Å²) in [7, 11) is 0. The molecule has 2 unspecified atom stereocenters. The molecule has 0 bridgehead atoms. The van der Waals surface area contributed by atoms with E-state index in [1.807, 2.05) is 48.5 Å². The van der Waals surface area contributed by atoms with Crippen molar-refractivity contribution in [1.82, 2.24) is 4.57 Å². The smallest absolute Gasteiger partial charge is 0.308 e. The largest absolute Gasteiger partial charge is 0.325 e. The van der Waals surface area contributed by atoms with Crippen molar-refractivity contribution in [2.75, 3.05) is 10.2 Å².